The first-order chi connectivity index (χ1) is 7.16. The van der Waals surface area contributed by atoms with E-state index >= 15 is 0 Å². The lowest BCUT2D eigenvalue weighted by Gasteiger charge is -2.25. The normalized spacial score (nSPS) is 12.9. The molecule has 0 aliphatic heterocycles. The van der Waals surface area contributed by atoms with Gasteiger partial charge in [0.1, 0.15) is 0 Å². The third-order valence-electron chi connectivity index (χ3n) is 2.74. The van der Waals surface area contributed by atoms with Crippen molar-refractivity contribution in [2.45, 2.75) is 58.9 Å². The lowest BCUT2D eigenvalue weighted by molar-refractivity contribution is 0.547. The molecule has 1 rings (SSSR count). The Morgan fingerprint density at radius 1 is 1.00 bits per heavy atom. The predicted octanol–water partition coefficient (Wildman–Crippen LogP) is 3.14. The van der Waals surface area contributed by atoms with E-state index in [1.54, 1.807) is 0 Å². The van der Waals surface area contributed by atoms with Crippen LogP contribution >= 0.6 is 0 Å². The van der Waals surface area contributed by atoms with E-state index in [4.69, 9.17) is 10.7 Å². The average molecular weight is 220 g/mol. The van der Waals surface area contributed by atoms with E-state index in [1.807, 2.05) is 0 Å². The van der Waals surface area contributed by atoms with Crippen LogP contribution in [0.4, 0.5) is 0 Å². The van der Waals surface area contributed by atoms with Gasteiger partial charge in [-0.15, -0.1) is 0 Å². The summed E-state index contributed by atoms with van der Waals surface area (Å²) in [7, 11) is 0. The summed E-state index contributed by atoms with van der Waals surface area (Å²) in [6.45, 7) is 13.6. The highest BCUT2D eigenvalue weighted by Gasteiger charge is 2.21. The van der Waals surface area contributed by atoms with Crippen molar-refractivity contribution in [3.05, 3.63) is 29.1 Å². The summed E-state index contributed by atoms with van der Waals surface area (Å²) in [5.41, 5.74) is 9.38. The minimum atomic E-state index is 0.0837. The van der Waals surface area contributed by atoms with E-state index < -0.39 is 0 Å². The van der Waals surface area contributed by atoms with Crippen LogP contribution in [0.15, 0.2) is 12.1 Å². The summed E-state index contributed by atoms with van der Waals surface area (Å²) >= 11 is 0. The molecule has 16 heavy (non-hydrogen) atoms. The molecule has 1 heterocycles. The molecule has 0 radical (unpaired) electrons. The highest BCUT2D eigenvalue weighted by Crippen LogP contribution is 2.28. The molecule has 1 aromatic heterocycles. The van der Waals surface area contributed by atoms with Gasteiger partial charge in [0.25, 0.3) is 0 Å². The van der Waals surface area contributed by atoms with Gasteiger partial charge in [-0.2, -0.15) is 0 Å². The molecule has 0 amide bonds. The number of aromatic nitrogens is 1. The van der Waals surface area contributed by atoms with E-state index in [9.17, 15) is 0 Å². The molecule has 0 saturated heterocycles. The van der Waals surface area contributed by atoms with E-state index in [0.717, 1.165) is 11.4 Å². The van der Waals surface area contributed by atoms with Gasteiger partial charge in [-0.1, -0.05) is 47.6 Å². The van der Waals surface area contributed by atoms with Crippen molar-refractivity contribution < 1.29 is 0 Å². The zero-order chi connectivity index (χ0) is 12.6. The Labute approximate surface area is 99.3 Å². The number of pyridine rings is 1. The van der Waals surface area contributed by atoms with Crippen LogP contribution in [0.3, 0.4) is 0 Å². The maximum absolute atomic E-state index is 5.80. The summed E-state index contributed by atoms with van der Waals surface area (Å²) in [6, 6.07) is 4.30. The van der Waals surface area contributed by atoms with Gasteiger partial charge in [-0.3, -0.25) is 4.98 Å². The number of nitrogens with two attached hydrogens (primary N) is 1. The molecule has 2 nitrogen and oxygen atoms in total. The lowest BCUT2D eigenvalue weighted by Crippen LogP contribution is -2.21. The molecule has 0 fully saturated rings. The molecule has 0 unspecified atom stereocenters. The molecule has 0 aliphatic carbocycles. The molecule has 2 N–H and O–H groups in total. The molecule has 0 aliphatic rings. The van der Waals surface area contributed by atoms with Crippen LogP contribution in [-0.2, 0) is 17.4 Å². The van der Waals surface area contributed by atoms with Gasteiger partial charge in [0.05, 0.1) is 5.69 Å². The second kappa shape index (κ2) is 4.17. The van der Waals surface area contributed by atoms with E-state index in [0.29, 0.717) is 6.54 Å². The van der Waals surface area contributed by atoms with Crippen molar-refractivity contribution in [2.75, 3.05) is 0 Å². The number of hydrogen-bond donors (Lipinski definition) is 1. The summed E-state index contributed by atoms with van der Waals surface area (Å²) in [4.78, 5) is 4.70. The predicted molar refractivity (Wildman–Crippen MR) is 69.5 cm³/mol. The maximum Gasteiger partial charge on any atom is 0.0580 e. The first-order valence-electron chi connectivity index (χ1n) is 5.87. The Kier molecular flexibility index (Phi) is 3.44. The summed E-state index contributed by atoms with van der Waals surface area (Å²) < 4.78 is 0. The second-order valence-corrected chi connectivity index (χ2v) is 6.39. The van der Waals surface area contributed by atoms with Gasteiger partial charge in [0, 0.05) is 17.7 Å². The van der Waals surface area contributed by atoms with Crippen LogP contribution in [0.2, 0.25) is 0 Å². The third-order valence-corrected chi connectivity index (χ3v) is 2.74. The fourth-order valence-corrected chi connectivity index (χ4v) is 1.76. The third kappa shape index (κ3) is 2.82. The van der Waals surface area contributed by atoms with Gasteiger partial charge >= 0.3 is 0 Å². The minimum Gasteiger partial charge on any atom is -0.325 e. The van der Waals surface area contributed by atoms with Gasteiger partial charge in [-0.25, -0.2) is 0 Å². The zero-order valence-electron chi connectivity index (χ0n) is 11.4. The highest BCUT2D eigenvalue weighted by atomic mass is 14.8. The van der Waals surface area contributed by atoms with E-state index in [2.05, 4.69) is 53.7 Å². The molecular weight excluding hydrogens is 196 g/mol. The zero-order valence-corrected chi connectivity index (χ0v) is 11.4. The Balaban J connectivity index is 3.28. The first kappa shape index (κ1) is 13.2. The molecule has 90 valence electrons. The molecule has 2 heteroatoms. The van der Waals surface area contributed by atoms with E-state index in [-0.39, 0.29) is 10.8 Å². The average Bonchev–Trinajstić information content (AvgIpc) is 2.14. The van der Waals surface area contributed by atoms with Crippen molar-refractivity contribution in [3.8, 4) is 0 Å². The van der Waals surface area contributed by atoms with Gasteiger partial charge in [0.2, 0.25) is 0 Å². The van der Waals surface area contributed by atoms with Crippen molar-refractivity contribution in [3.63, 3.8) is 0 Å². The largest absolute Gasteiger partial charge is 0.325 e. The standard InChI is InChI=1S/C14H24N2/c1-13(2,3)10-7-8-12(14(4,5)6)16-11(10)9-15/h7-8H,9,15H2,1-6H3. The molecule has 0 spiro atoms. The topological polar surface area (TPSA) is 38.9 Å². The van der Waals surface area contributed by atoms with Crippen LogP contribution in [-0.4, -0.2) is 4.98 Å². The Bertz CT molecular complexity index is 367. The van der Waals surface area contributed by atoms with Crippen LogP contribution in [0.1, 0.15) is 58.5 Å². The van der Waals surface area contributed by atoms with E-state index in [1.165, 1.54) is 5.56 Å². The van der Waals surface area contributed by atoms with Gasteiger partial charge in [0.15, 0.2) is 0 Å². The Morgan fingerprint density at radius 3 is 1.94 bits per heavy atom. The van der Waals surface area contributed by atoms with Crippen molar-refractivity contribution in [1.82, 2.24) is 4.98 Å². The van der Waals surface area contributed by atoms with Crippen molar-refractivity contribution >= 4 is 0 Å². The molecule has 0 aromatic carbocycles. The smallest absolute Gasteiger partial charge is 0.0580 e. The SMILES string of the molecule is CC(C)(C)c1ccc(C(C)(C)C)c(CN)n1. The lowest BCUT2D eigenvalue weighted by atomic mass is 9.84. The van der Waals surface area contributed by atoms with Crippen LogP contribution < -0.4 is 5.73 Å². The maximum atomic E-state index is 5.80. The summed E-state index contributed by atoms with van der Waals surface area (Å²) in [5, 5.41) is 0. The van der Waals surface area contributed by atoms with Crippen molar-refractivity contribution in [2.24, 2.45) is 5.73 Å². The van der Waals surface area contributed by atoms with Crippen LogP contribution in [0, 0.1) is 0 Å². The Morgan fingerprint density at radius 2 is 1.56 bits per heavy atom. The van der Waals surface area contributed by atoms with Gasteiger partial charge < -0.3 is 5.73 Å². The van der Waals surface area contributed by atoms with Crippen molar-refractivity contribution in [1.29, 1.82) is 0 Å². The number of nitrogens with zero attached hydrogens (tertiary/aromatic N) is 1. The molecule has 0 saturated carbocycles. The highest BCUT2D eigenvalue weighted by molar-refractivity contribution is 5.31. The quantitative estimate of drug-likeness (QED) is 0.789. The van der Waals surface area contributed by atoms with Crippen LogP contribution in [0.5, 0.6) is 0 Å². The van der Waals surface area contributed by atoms with Crippen LogP contribution in [0.25, 0.3) is 0 Å². The monoisotopic (exact) mass is 220 g/mol. The molecular formula is C14H24N2. The molecule has 1 aromatic rings. The summed E-state index contributed by atoms with van der Waals surface area (Å²) in [5.74, 6) is 0. The second-order valence-electron chi connectivity index (χ2n) is 6.39. The number of rotatable bonds is 1. The molecule has 0 bridgehead atoms. The fourth-order valence-electron chi connectivity index (χ4n) is 1.76. The molecule has 0 atom stereocenters. The Hall–Kier alpha value is -0.890. The fraction of sp³-hybridized carbons (Fsp3) is 0.643. The minimum absolute atomic E-state index is 0.0837. The first-order valence-corrected chi connectivity index (χ1v) is 5.87. The van der Waals surface area contributed by atoms with Gasteiger partial charge in [-0.05, 0) is 17.0 Å². The summed E-state index contributed by atoms with van der Waals surface area (Å²) in [6.07, 6.45) is 0. The number of hydrogen-bond acceptors (Lipinski definition) is 2.